The maximum absolute atomic E-state index is 12.5. The normalized spacial score (nSPS) is 23.0. The zero-order valence-corrected chi connectivity index (χ0v) is 15.0. The molecular formula is C18H27N3O4. The van der Waals surface area contributed by atoms with Crippen LogP contribution >= 0.6 is 0 Å². The summed E-state index contributed by atoms with van der Waals surface area (Å²) in [5.74, 6) is 0.102. The molecule has 1 aromatic heterocycles. The number of ether oxygens (including phenoxy) is 1. The highest BCUT2D eigenvalue weighted by atomic mass is 16.5. The third-order valence-electron chi connectivity index (χ3n) is 5.62. The molecule has 1 aromatic rings. The van der Waals surface area contributed by atoms with Crippen LogP contribution in [-0.4, -0.2) is 57.3 Å². The smallest absolute Gasteiger partial charge is 0.345 e. The lowest BCUT2D eigenvalue weighted by molar-refractivity contribution is -0.179. The lowest BCUT2D eigenvalue weighted by Gasteiger charge is -2.46. The number of carbonyl (C=O) groups is 1. The van der Waals surface area contributed by atoms with Gasteiger partial charge in [0.05, 0.1) is 11.7 Å². The van der Waals surface area contributed by atoms with Gasteiger partial charge in [0.2, 0.25) is 5.91 Å². The van der Waals surface area contributed by atoms with Crippen LogP contribution in [0.4, 0.5) is 0 Å². The molecule has 2 saturated heterocycles. The van der Waals surface area contributed by atoms with Crippen molar-refractivity contribution in [2.45, 2.75) is 64.1 Å². The minimum atomic E-state index is -0.453. The van der Waals surface area contributed by atoms with Gasteiger partial charge in [0.15, 0.2) is 0 Å². The van der Waals surface area contributed by atoms with Crippen molar-refractivity contribution in [2.75, 3.05) is 19.7 Å². The fourth-order valence-electron chi connectivity index (χ4n) is 4.04. The van der Waals surface area contributed by atoms with Crippen molar-refractivity contribution in [1.82, 2.24) is 14.9 Å². The maximum atomic E-state index is 12.5. The van der Waals surface area contributed by atoms with E-state index in [4.69, 9.17) is 4.74 Å². The van der Waals surface area contributed by atoms with Crippen molar-refractivity contribution >= 4 is 5.91 Å². The number of aliphatic hydroxyl groups is 1. The molecule has 2 aliphatic heterocycles. The number of amides is 1. The average Bonchev–Trinajstić information content (AvgIpc) is 2.57. The summed E-state index contributed by atoms with van der Waals surface area (Å²) in [6.07, 6.45) is 3.61. The van der Waals surface area contributed by atoms with E-state index < -0.39 is 11.7 Å². The summed E-state index contributed by atoms with van der Waals surface area (Å²) in [4.78, 5) is 32.4. The molecule has 2 fully saturated rings. The average molecular weight is 349 g/mol. The van der Waals surface area contributed by atoms with Crippen LogP contribution in [0.3, 0.4) is 0 Å². The Morgan fingerprint density at radius 2 is 2.12 bits per heavy atom. The predicted molar refractivity (Wildman–Crippen MR) is 92.4 cm³/mol. The number of carbonyl (C=O) groups excluding carboxylic acids is 1. The number of nitrogens with zero attached hydrogens (tertiary/aromatic N) is 2. The molecule has 0 radical (unpaired) electrons. The zero-order chi connectivity index (χ0) is 18.0. The summed E-state index contributed by atoms with van der Waals surface area (Å²) < 4.78 is 5.89. The van der Waals surface area contributed by atoms with E-state index >= 15 is 0 Å². The molecule has 138 valence electrons. The van der Waals surface area contributed by atoms with Crippen LogP contribution < -0.4 is 5.69 Å². The van der Waals surface area contributed by atoms with Crippen molar-refractivity contribution in [3.63, 3.8) is 0 Å². The molecule has 7 heteroatoms. The van der Waals surface area contributed by atoms with E-state index in [-0.39, 0.29) is 11.6 Å². The molecule has 0 bridgehead atoms. The summed E-state index contributed by atoms with van der Waals surface area (Å²) in [6.45, 7) is 5.58. The van der Waals surface area contributed by atoms with Gasteiger partial charge in [0, 0.05) is 37.5 Å². The number of likely N-dealkylation sites (tertiary alicyclic amines) is 1. The van der Waals surface area contributed by atoms with Crippen LogP contribution in [0, 0.1) is 13.8 Å². The Morgan fingerprint density at radius 3 is 2.76 bits per heavy atom. The number of aromatic amines is 1. The van der Waals surface area contributed by atoms with E-state index in [1.54, 1.807) is 6.92 Å². The summed E-state index contributed by atoms with van der Waals surface area (Å²) in [7, 11) is 0. The minimum absolute atomic E-state index is 0.102. The Bertz CT molecular complexity index is 666. The maximum Gasteiger partial charge on any atom is 0.345 e. The van der Waals surface area contributed by atoms with Crippen LogP contribution in [-0.2, 0) is 16.0 Å². The molecule has 3 rings (SSSR count). The van der Waals surface area contributed by atoms with E-state index in [0.717, 1.165) is 24.1 Å². The molecule has 3 heterocycles. The number of aryl methyl sites for hydroxylation is 2. The fraction of sp³-hybridized carbons (Fsp3) is 0.722. The first-order chi connectivity index (χ1) is 11.9. The highest BCUT2D eigenvalue weighted by molar-refractivity contribution is 5.76. The second kappa shape index (κ2) is 7.25. The second-order valence-corrected chi connectivity index (χ2v) is 7.18. The first-order valence-electron chi connectivity index (χ1n) is 9.07. The van der Waals surface area contributed by atoms with Gasteiger partial charge in [-0.3, -0.25) is 4.79 Å². The Hall–Kier alpha value is -1.73. The van der Waals surface area contributed by atoms with Gasteiger partial charge in [-0.1, -0.05) is 0 Å². The molecular weight excluding hydrogens is 322 g/mol. The molecule has 0 saturated carbocycles. The summed E-state index contributed by atoms with van der Waals surface area (Å²) in [5.41, 5.74) is 1.60. The molecule has 1 atom stereocenters. The molecule has 0 aliphatic carbocycles. The molecule has 25 heavy (non-hydrogen) atoms. The van der Waals surface area contributed by atoms with Gasteiger partial charge in [-0.15, -0.1) is 0 Å². The number of hydrogen-bond donors (Lipinski definition) is 2. The van der Waals surface area contributed by atoms with Crippen molar-refractivity contribution in [3.05, 3.63) is 27.4 Å². The van der Waals surface area contributed by atoms with Crippen molar-refractivity contribution in [2.24, 2.45) is 0 Å². The Balaban J connectivity index is 1.56. The van der Waals surface area contributed by atoms with Gasteiger partial charge in [0.25, 0.3) is 0 Å². The van der Waals surface area contributed by atoms with Gasteiger partial charge in [-0.05, 0) is 51.5 Å². The molecule has 1 unspecified atom stereocenters. The monoisotopic (exact) mass is 349 g/mol. The second-order valence-electron chi connectivity index (χ2n) is 7.18. The first kappa shape index (κ1) is 18.1. The van der Waals surface area contributed by atoms with Crippen LogP contribution in [0.1, 0.15) is 49.1 Å². The molecule has 1 spiro atoms. The topological polar surface area (TPSA) is 95.5 Å². The van der Waals surface area contributed by atoms with Crippen LogP contribution in [0.25, 0.3) is 0 Å². The van der Waals surface area contributed by atoms with Gasteiger partial charge in [-0.25, -0.2) is 4.79 Å². The summed E-state index contributed by atoms with van der Waals surface area (Å²) >= 11 is 0. The van der Waals surface area contributed by atoms with Crippen molar-refractivity contribution in [1.29, 1.82) is 0 Å². The molecule has 0 aromatic carbocycles. The van der Waals surface area contributed by atoms with E-state index in [0.29, 0.717) is 51.1 Å². The Kier molecular flexibility index (Phi) is 5.24. The van der Waals surface area contributed by atoms with Crippen molar-refractivity contribution in [3.8, 4) is 0 Å². The number of piperidine rings is 1. The van der Waals surface area contributed by atoms with Crippen LogP contribution in [0.15, 0.2) is 4.79 Å². The van der Waals surface area contributed by atoms with Gasteiger partial charge < -0.3 is 19.7 Å². The standard InChI is InChI=1S/C18H27N3O4/c1-12-14(13(2)20-17(24)19-12)5-6-16(23)21-9-7-18(8-10-21)15(22)4-3-11-25-18/h15,22H,3-11H2,1-2H3,(H,19,20,24). The molecule has 7 nitrogen and oxygen atoms in total. The van der Waals surface area contributed by atoms with Gasteiger partial charge in [-0.2, -0.15) is 4.98 Å². The third-order valence-corrected chi connectivity index (χ3v) is 5.62. The highest BCUT2D eigenvalue weighted by Crippen LogP contribution is 2.35. The van der Waals surface area contributed by atoms with E-state index in [9.17, 15) is 14.7 Å². The van der Waals surface area contributed by atoms with Crippen LogP contribution in [0.2, 0.25) is 0 Å². The number of hydrogen-bond acceptors (Lipinski definition) is 5. The Morgan fingerprint density at radius 1 is 1.40 bits per heavy atom. The van der Waals surface area contributed by atoms with E-state index in [2.05, 4.69) is 9.97 Å². The SMILES string of the molecule is Cc1nc(=O)[nH]c(C)c1CCC(=O)N1CCC2(CC1)OCCCC2O. The third kappa shape index (κ3) is 3.77. The number of nitrogens with one attached hydrogen (secondary N) is 1. The Labute approximate surface area is 147 Å². The summed E-state index contributed by atoms with van der Waals surface area (Å²) in [5, 5.41) is 10.3. The summed E-state index contributed by atoms with van der Waals surface area (Å²) in [6, 6.07) is 0. The van der Waals surface area contributed by atoms with E-state index in [1.165, 1.54) is 0 Å². The zero-order valence-electron chi connectivity index (χ0n) is 15.0. The van der Waals surface area contributed by atoms with Crippen molar-refractivity contribution < 1.29 is 14.6 Å². The number of rotatable bonds is 3. The number of H-pyrrole nitrogens is 1. The molecule has 1 amide bonds. The molecule has 2 aliphatic rings. The van der Waals surface area contributed by atoms with Crippen LogP contribution in [0.5, 0.6) is 0 Å². The fourth-order valence-corrected chi connectivity index (χ4v) is 4.04. The first-order valence-corrected chi connectivity index (χ1v) is 9.07. The van der Waals surface area contributed by atoms with Gasteiger partial charge >= 0.3 is 5.69 Å². The highest BCUT2D eigenvalue weighted by Gasteiger charge is 2.44. The number of aromatic nitrogens is 2. The quantitative estimate of drug-likeness (QED) is 0.843. The van der Waals surface area contributed by atoms with Gasteiger partial charge in [0.1, 0.15) is 0 Å². The number of aliphatic hydroxyl groups excluding tert-OH is 1. The lowest BCUT2D eigenvalue weighted by Crippen LogP contribution is -2.56. The minimum Gasteiger partial charge on any atom is -0.390 e. The lowest BCUT2D eigenvalue weighted by atomic mass is 9.82. The molecule has 2 N–H and O–H groups in total. The van der Waals surface area contributed by atoms with E-state index in [1.807, 2.05) is 11.8 Å². The largest absolute Gasteiger partial charge is 0.390 e. The predicted octanol–water partition coefficient (Wildman–Crippen LogP) is 0.852.